The van der Waals surface area contributed by atoms with Crippen molar-refractivity contribution in [1.29, 1.82) is 0 Å². The molecule has 1 saturated carbocycles. The highest BCUT2D eigenvalue weighted by Crippen LogP contribution is 2.38. The van der Waals surface area contributed by atoms with E-state index in [0.717, 1.165) is 29.1 Å². The molecule has 5 nitrogen and oxygen atoms in total. The van der Waals surface area contributed by atoms with Crippen LogP contribution < -0.4 is 5.73 Å². The second kappa shape index (κ2) is 4.03. The average molecular weight is 271 g/mol. The van der Waals surface area contributed by atoms with E-state index in [0.29, 0.717) is 11.2 Å². The molecule has 0 radical (unpaired) electrons. The number of hydrogen-bond donors (Lipinski definition) is 1. The number of pyridine rings is 1. The molecule has 0 aliphatic heterocycles. The Morgan fingerprint density at radius 3 is 3.00 bits per heavy atom. The van der Waals surface area contributed by atoms with Crippen molar-refractivity contribution >= 4 is 27.6 Å². The predicted molar refractivity (Wildman–Crippen MR) is 75.1 cm³/mol. The van der Waals surface area contributed by atoms with Crippen LogP contribution >= 0.6 is 11.3 Å². The number of imidazole rings is 1. The summed E-state index contributed by atoms with van der Waals surface area (Å²) in [5.74, 6) is 1.04. The highest BCUT2D eigenvalue weighted by molar-refractivity contribution is 7.13. The Balaban J connectivity index is 1.82. The summed E-state index contributed by atoms with van der Waals surface area (Å²) in [6, 6.07) is 4.50. The van der Waals surface area contributed by atoms with E-state index in [9.17, 15) is 0 Å². The molecule has 0 bridgehead atoms. The third kappa shape index (κ3) is 1.88. The SMILES string of the molecule is Nc1nc(Cc2nc3cccnc3n2C2CC2)cs1. The molecule has 6 heteroatoms. The van der Waals surface area contributed by atoms with E-state index in [2.05, 4.69) is 14.5 Å². The summed E-state index contributed by atoms with van der Waals surface area (Å²) >= 11 is 1.47. The van der Waals surface area contributed by atoms with Crippen LogP contribution in [0.4, 0.5) is 5.13 Å². The van der Waals surface area contributed by atoms with E-state index in [1.54, 1.807) is 0 Å². The molecule has 0 unspecified atom stereocenters. The van der Waals surface area contributed by atoms with Gasteiger partial charge < -0.3 is 10.3 Å². The van der Waals surface area contributed by atoms with Crippen LogP contribution in [0.1, 0.15) is 30.4 Å². The molecule has 4 rings (SSSR count). The molecular formula is C13H13N5S. The molecule has 0 spiro atoms. The molecule has 96 valence electrons. The van der Waals surface area contributed by atoms with E-state index in [4.69, 9.17) is 10.7 Å². The van der Waals surface area contributed by atoms with Gasteiger partial charge >= 0.3 is 0 Å². The van der Waals surface area contributed by atoms with Gasteiger partial charge in [-0.2, -0.15) is 0 Å². The fraction of sp³-hybridized carbons (Fsp3) is 0.308. The molecule has 1 aliphatic rings. The summed E-state index contributed by atoms with van der Waals surface area (Å²) < 4.78 is 2.27. The number of nitrogens with two attached hydrogens (primary N) is 1. The first kappa shape index (κ1) is 10.9. The first-order chi connectivity index (χ1) is 9.31. The molecule has 0 amide bonds. The molecule has 0 atom stereocenters. The van der Waals surface area contributed by atoms with Gasteiger partial charge in [0, 0.05) is 24.0 Å². The number of thiazole rings is 1. The maximum atomic E-state index is 5.69. The van der Waals surface area contributed by atoms with Crippen LogP contribution in [0.5, 0.6) is 0 Å². The predicted octanol–water partition coefficient (Wildman–Crippen LogP) is 2.40. The number of hydrogen-bond acceptors (Lipinski definition) is 5. The van der Waals surface area contributed by atoms with Crippen molar-refractivity contribution in [3.63, 3.8) is 0 Å². The minimum absolute atomic E-state index is 0.561. The average Bonchev–Trinajstić information content (AvgIpc) is 3.06. The lowest BCUT2D eigenvalue weighted by molar-refractivity contribution is 0.706. The number of rotatable bonds is 3. The van der Waals surface area contributed by atoms with Gasteiger partial charge in [0.05, 0.1) is 5.69 Å². The Bertz CT molecular complexity index is 740. The van der Waals surface area contributed by atoms with E-state index >= 15 is 0 Å². The lowest BCUT2D eigenvalue weighted by Gasteiger charge is -2.05. The summed E-state index contributed by atoms with van der Waals surface area (Å²) in [4.78, 5) is 13.5. The Morgan fingerprint density at radius 2 is 2.26 bits per heavy atom. The molecule has 3 aromatic heterocycles. The number of anilines is 1. The van der Waals surface area contributed by atoms with Crippen molar-refractivity contribution in [3.05, 3.63) is 35.2 Å². The van der Waals surface area contributed by atoms with Gasteiger partial charge in [-0.25, -0.2) is 15.0 Å². The highest BCUT2D eigenvalue weighted by atomic mass is 32.1. The molecule has 0 saturated heterocycles. The Labute approximate surface area is 114 Å². The Hall–Kier alpha value is -1.95. The lowest BCUT2D eigenvalue weighted by atomic mass is 10.3. The van der Waals surface area contributed by atoms with Crippen LogP contribution in [0, 0.1) is 0 Å². The standard InChI is InChI=1S/C13H13N5S/c14-13-16-8(7-19-13)6-11-17-10-2-1-5-15-12(10)18(11)9-3-4-9/h1-2,5,7,9H,3-4,6H2,(H2,14,16). The van der Waals surface area contributed by atoms with Crippen LogP contribution in [0.3, 0.4) is 0 Å². The van der Waals surface area contributed by atoms with Crippen LogP contribution in [0.15, 0.2) is 23.7 Å². The molecular weight excluding hydrogens is 258 g/mol. The summed E-state index contributed by atoms with van der Waals surface area (Å²) in [7, 11) is 0. The summed E-state index contributed by atoms with van der Waals surface area (Å²) in [5, 5.41) is 2.61. The Morgan fingerprint density at radius 1 is 1.37 bits per heavy atom. The number of fused-ring (bicyclic) bond motifs is 1. The summed E-state index contributed by atoms with van der Waals surface area (Å²) in [6.07, 6.45) is 4.98. The van der Waals surface area contributed by atoms with E-state index in [1.165, 1.54) is 24.2 Å². The molecule has 3 aromatic rings. The van der Waals surface area contributed by atoms with E-state index < -0.39 is 0 Å². The van der Waals surface area contributed by atoms with Crippen molar-refractivity contribution in [3.8, 4) is 0 Å². The van der Waals surface area contributed by atoms with Crippen molar-refractivity contribution in [2.75, 3.05) is 5.73 Å². The van der Waals surface area contributed by atoms with Gasteiger partial charge in [0.2, 0.25) is 0 Å². The molecule has 2 N–H and O–H groups in total. The van der Waals surface area contributed by atoms with Gasteiger partial charge in [-0.15, -0.1) is 11.3 Å². The minimum Gasteiger partial charge on any atom is -0.375 e. The van der Waals surface area contributed by atoms with Crippen LogP contribution in [0.25, 0.3) is 11.2 Å². The lowest BCUT2D eigenvalue weighted by Crippen LogP contribution is -2.03. The van der Waals surface area contributed by atoms with Crippen LogP contribution in [-0.4, -0.2) is 19.5 Å². The monoisotopic (exact) mass is 271 g/mol. The van der Waals surface area contributed by atoms with E-state index in [1.807, 2.05) is 23.7 Å². The molecule has 3 heterocycles. The van der Waals surface area contributed by atoms with Gasteiger partial charge in [-0.05, 0) is 25.0 Å². The third-order valence-corrected chi connectivity index (χ3v) is 4.07. The van der Waals surface area contributed by atoms with E-state index in [-0.39, 0.29) is 0 Å². The van der Waals surface area contributed by atoms with Crippen molar-refractivity contribution in [1.82, 2.24) is 19.5 Å². The highest BCUT2D eigenvalue weighted by Gasteiger charge is 2.28. The van der Waals surface area contributed by atoms with Crippen LogP contribution in [-0.2, 0) is 6.42 Å². The largest absolute Gasteiger partial charge is 0.375 e. The maximum absolute atomic E-state index is 5.69. The molecule has 1 aliphatic carbocycles. The smallest absolute Gasteiger partial charge is 0.180 e. The van der Waals surface area contributed by atoms with Gasteiger partial charge in [-0.1, -0.05) is 0 Å². The summed E-state index contributed by atoms with van der Waals surface area (Å²) in [5.41, 5.74) is 8.63. The summed E-state index contributed by atoms with van der Waals surface area (Å²) in [6.45, 7) is 0. The zero-order valence-electron chi connectivity index (χ0n) is 10.3. The van der Waals surface area contributed by atoms with Gasteiger partial charge in [0.1, 0.15) is 11.3 Å². The fourth-order valence-electron chi connectivity index (χ4n) is 2.38. The fourth-order valence-corrected chi connectivity index (χ4v) is 2.95. The topological polar surface area (TPSA) is 69.6 Å². The maximum Gasteiger partial charge on any atom is 0.180 e. The second-order valence-electron chi connectivity index (χ2n) is 4.83. The van der Waals surface area contributed by atoms with Crippen LogP contribution in [0.2, 0.25) is 0 Å². The first-order valence-corrected chi connectivity index (χ1v) is 7.21. The second-order valence-corrected chi connectivity index (χ2v) is 5.72. The van der Waals surface area contributed by atoms with Gasteiger partial charge in [0.15, 0.2) is 10.8 Å². The quantitative estimate of drug-likeness (QED) is 0.794. The van der Waals surface area contributed by atoms with Crippen molar-refractivity contribution in [2.45, 2.75) is 25.3 Å². The van der Waals surface area contributed by atoms with Crippen molar-refractivity contribution < 1.29 is 0 Å². The molecule has 19 heavy (non-hydrogen) atoms. The molecule has 0 aromatic carbocycles. The zero-order valence-corrected chi connectivity index (χ0v) is 11.1. The molecule has 1 fully saturated rings. The number of aromatic nitrogens is 4. The minimum atomic E-state index is 0.561. The first-order valence-electron chi connectivity index (χ1n) is 6.33. The van der Waals surface area contributed by atoms with Crippen molar-refractivity contribution in [2.24, 2.45) is 0 Å². The zero-order chi connectivity index (χ0) is 12.8. The van der Waals surface area contributed by atoms with Gasteiger partial charge in [-0.3, -0.25) is 0 Å². The third-order valence-electron chi connectivity index (χ3n) is 3.34. The number of nitrogen functional groups attached to an aromatic ring is 1. The normalized spacial score (nSPS) is 15.2. The Kier molecular flexibility index (Phi) is 2.32. The number of nitrogens with zero attached hydrogens (tertiary/aromatic N) is 4. The van der Waals surface area contributed by atoms with Gasteiger partial charge in [0.25, 0.3) is 0 Å².